The second-order valence-corrected chi connectivity index (χ2v) is 2.22. The van der Waals surface area contributed by atoms with E-state index in [9.17, 15) is 0 Å². The summed E-state index contributed by atoms with van der Waals surface area (Å²) in [4.78, 5) is 3.75. The molecule has 0 spiro atoms. The van der Waals surface area contributed by atoms with Gasteiger partial charge < -0.3 is 16.8 Å². The number of nitriles is 1. The molecule has 0 aromatic carbocycles. The van der Waals surface area contributed by atoms with Gasteiger partial charge in [-0.15, -0.1) is 0 Å². The van der Waals surface area contributed by atoms with Crippen molar-refractivity contribution in [3.8, 4) is 6.07 Å². The quantitative estimate of drug-likeness (QED) is 0.547. The van der Waals surface area contributed by atoms with Crippen molar-refractivity contribution in [2.75, 3.05) is 23.8 Å². The zero-order chi connectivity index (χ0) is 9.14. The number of nitrogens with zero attached hydrogens (tertiary/aromatic N) is 2. The van der Waals surface area contributed by atoms with E-state index in [1.807, 2.05) is 6.07 Å². The zero-order valence-corrected chi connectivity index (χ0v) is 6.63. The lowest BCUT2D eigenvalue weighted by atomic mass is 10.2. The van der Waals surface area contributed by atoms with Crippen LogP contribution in [0, 0.1) is 11.3 Å². The first-order valence-electron chi connectivity index (χ1n) is 3.33. The van der Waals surface area contributed by atoms with E-state index in [1.165, 1.54) is 0 Å². The van der Waals surface area contributed by atoms with Gasteiger partial charge in [0.2, 0.25) is 0 Å². The molecule has 1 rings (SSSR count). The molecule has 1 aromatic rings. The van der Waals surface area contributed by atoms with Crippen molar-refractivity contribution in [2.45, 2.75) is 0 Å². The summed E-state index contributed by atoms with van der Waals surface area (Å²) in [7, 11) is 1.69. The van der Waals surface area contributed by atoms with Gasteiger partial charge in [0, 0.05) is 13.1 Å². The summed E-state index contributed by atoms with van der Waals surface area (Å²) >= 11 is 0. The van der Waals surface area contributed by atoms with Crippen LogP contribution in [-0.4, -0.2) is 12.0 Å². The highest BCUT2D eigenvalue weighted by atomic mass is 14.9. The number of hydrogen-bond acceptors (Lipinski definition) is 5. The van der Waals surface area contributed by atoms with E-state index in [4.69, 9.17) is 16.7 Å². The van der Waals surface area contributed by atoms with E-state index >= 15 is 0 Å². The number of nitrogens with two attached hydrogens (primary N) is 2. The minimum absolute atomic E-state index is 0.154. The van der Waals surface area contributed by atoms with Gasteiger partial charge in [-0.05, 0) is 0 Å². The second kappa shape index (κ2) is 2.96. The maximum absolute atomic E-state index is 8.67. The van der Waals surface area contributed by atoms with E-state index in [-0.39, 0.29) is 5.82 Å². The number of aromatic nitrogens is 1. The van der Waals surface area contributed by atoms with Gasteiger partial charge >= 0.3 is 0 Å². The Morgan fingerprint density at radius 2 is 2.25 bits per heavy atom. The molecule has 0 radical (unpaired) electrons. The van der Waals surface area contributed by atoms with Crippen LogP contribution in [-0.2, 0) is 0 Å². The molecule has 1 heterocycles. The SMILES string of the molecule is CNc1cc(N)nc(N)c1C#N. The summed E-state index contributed by atoms with van der Waals surface area (Å²) in [5.41, 5.74) is 11.8. The molecule has 0 aliphatic heterocycles. The van der Waals surface area contributed by atoms with Crippen molar-refractivity contribution < 1.29 is 0 Å². The third-order valence-corrected chi connectivity index (χ3v) is 1.45. The van der Waals surface area contributed by atoms with E-state index in [1.54, 1.807) is 13.1 Å². The Bertz CT molecular complexity index is 338. The molecule has 5 nitrogen and oxygen atoms in total. The maximum Gasteiger partial charge on any atom is 0.145 e. The molecule has 5 heteroatoms. The average Bonchev–Trinajstić information content (AvgIpc) is 2.03. The first kappa shape index (κ1) is 8.14. The number of hydrogen-bond donors (Lipinski definition) is 3. The highest BCUT2D eigenvalue weighted by Gasteiger charge is 2.06. The van der Waals surface area contributed by atoms with Crippen LogP contribution >= 0.6 is 0 Å². The Morgan fingerprint density at radius 1 is 1.58 bits per heavy atom. The molecule has 0 unspecified atom stereocenters. The molecule has 0 saturated heterocycles. The molecule has 1 aromatic heterocycles. The highest BCUT2D eigenvalue weighted by molar-refractivity contribution is 5.69. The van der Waals surface area contributed by atoms with Gasteiger partial charge in [-0.2, -0.15) is 5.26 Å². The normalized spacial score (nSPS) is 9.00. The largest absolute Gasteiger partial charge is 0.387 e. The Morgan fingerprint density at radius 3 is 2.75 bits per heavy atom. The van der Waals surface area contributed by atoms with Crippen molar-refractivity contribution in [1.82, 2.24) is 4.98 Å². The van der Waals surface area contributed by atoms with Crippen LogP contribution in [0.5, 0.6) is 0 Å². The first-order valence-corrected chi connectivity index (χ1v) is 3.33. The third kappa shape index (κ3) is 1.22. The van der Waals surface area contributed by atoms with Gasteiger partial charge in [-0.1, -0.05) is 0 Å². The van der Waals surface area contributed by atoms with Crippen molar-refractivity contribution in [3.05, 3.63) is 11.6 Å². The van der Waals surface area contributed by atoms with Crippen LogP contribution in [0.3, 0.4) is 0 Å². The molecular weight excluding hydrogens is 154 g/mol. The predicted octanol–water partition coefficient (Wildman–Crippen LogP) is 0.159. The van der Waals surface area contributed by atoms with Gasteiger partial charge in [-0.3, -0.25) is 0 Å². The summed E-state index contributed by atoms with van der Waals surface area (Å²) in [5.74, 6) is 0.456. The summed E-state index contributed by atoms with van der Waals surface area (Å²) in [6.07, 6.45) is 0. The fourth-order valence-electron chi connectivity index (χ4n) is 0.900. The Kier molecular flexibility index (Phi) is 2.01. The fraction of sp³-hybridized carbons (Fsp3) is 0.143. The number of pyridine rings is 1. The van der Waals surface area contributed by atoms with Gasteiger partial charge in [0.05, 0.1) is 5.69 Å². The predicted molar refractivity (Wildman–Crippen MR) is 47.3 cm³/mol. The van der Waals surface area contributed by atoms with Crippen molar-refractivity contribution in [1.29, 1.82) is 5.26 Å². The van der Waals surface area contributed by atoms with Crippen molar-refractivity contribution in [2.24, 2.45) is 0 Å². The Labute approximate surface area is 70.0 Å². The number of nitrogen functional groups attached to an aromatic ring is 2. The fourth-order valence-corrected chi connectivity index (χ4v) is 0.900. The molecule has 5 N–H and O–H groups in total. The van der Waals surface area contributed by atoms with Gasteiger partial charge in [0.1, 0.15) is 23.3 Å². The van der Waals surface area contributed by atoms with Crippen LogP contribution in [0.2, 0.25) is 0 Å². The summed E-state index contributed by atoms with van der Waals surface area (Å²) in [6, 6.07) is 3.50. The molecule has 0 saturated carbocycles. The smallest absolute Gasteiger partial charge is 0.145 e. The number of nitrogens with one attached hydrogen (secondary N) is 1. The van der Waals surface area contributed by atoms with Crippen LogP contribution in [0.15, 0.2) is 6.07 Å². The van der Waals surface area contributed by atoms with Gasteiger partial charge in [0.15, 0.2) is 0 Å². The standard InChI is InChI=1S/C7H9N5/c1-11-5-2-6(9)12-7(10)4(5)3-8/h2H,1H3,(H5,9,10,11,12). The lowest BCUT2D eigenvalue weighted by Crippen LogP contribution is -2.03. The Balaban J connectivity index is 3.36. The van der Waals surface area contributed by atoms with Crippen LogP contribution < -0.4 is 16.8 Å². The summed E-state index contributed by atoms with van der Waals surface area (Å²) in [6.45, 7) is 0. The molecule has 0 aliphatic carbocycles. The number of anilines is 3. The minimum atomic E-state index is 0.154. The van der Waals surface area contributed by atoms with E-state index < -0.39 is 0 Å². The molecule has 0 fully saturated rings. The van der Waals surface area contributed by atoms with Gasteiger partial charge in [0.25, 0.3) is 0 Å². The van der Waals surface area contributed by atoms with Crippen molar-refractivity contribution in [3.63, 3.8) is 0 Å². The van der Waals surface area contributed by atoms with Crippen LogP contribution in [0.1, 0.15) is 5.56 Å². The molecule has 12 heavy (non-hydrogen) atoms. The summed E-state index contributed by atoms with van der Waals surface area (Å²) < 4.78 is 0. The van der Waals surface area contributed by atoms with Crippen LogP contribution in [0.4, 0.5) is 17.3 Å². The van der Waals surface area contributed by atoms with Gasteiger partial charge in [-0.25, -0.2) is 4.98 Å². The first-order chi connectivity index (χ1) is 5.69. The number of rotatable bonds is 1. The van der Waals surface area contributed by atoms with Crippen molar-refractivity contribution >= 4 is 17.3 Å². The summed E-state index contributed by atoms with van der Waals surface area (Å²) in [5, 5.41) is 11.5. The van der Waals surface area contributed by atoms with E-state index in [2.05, 4.69) is 10.3 Å². The maximum atomic E-state index is 8.67. The Hall–Kier alpha value is -1.96. The molecule has 62 valence electrons. The minimum Gasteiger partial charge on any atom is -0.387 e. The molecule has 0 bridgehead atoms. The van der Waals surface area contributed by atoms with Crippen LogP contribution in [0.25, 0.3) is 0 Å². The lowest BCUT2D eigenvalue weighted by molar-refractivity contribution is 1.30. The zero-order valence-electron chi connectivity index (χ0n) is 6.63. The molecule has 0 aliphatic rings. The monoisotopic (exact) mass is 163 g/mol. The highest BCUT2D eigenvalue weighted by Crippen LogP contribution is 2.20. The van der Waals surface area contributed by atoms with E-state index in [0.29, 0.717) is 17.1 Å². The second-order valence-electron chi connectivity index (χ2n) is 2.22. The lowest BCUT2D eigenvalue weighted by Gasteiger charge is -2.05. The third-order valence-electron chi connectivity index (χ3n) is 1.45. The molecular formula is C7H9N5. The van der Waals surface area contributed by atoms with E-state index in [0.717, 1.165) is 0 Å². The molecule has 0 amide bonds. The topological polar surface area (TPSA) is 101 Å². The molecule has 0 atom stereocenters. The average molecular weight is 163 g/mol.